The summed E-state index contributed by atoms with van der Waals surface area (Å²) in [5.41, 5.74) is 2.48. The molecule has 5 heteroatoms. The van der Waals surface area contributed by atoms with Crippen LogP contribution in [0.15, 0.2) is 6.20 Å². The second-order valence-electron chi connectivity index (χ2n) is 10.1. The predicted octanol–water partition coefficient (Wildman–Crippen LogP) is 4.80. The maximum Gasteiger partial charge on any atom is 0.0915 e. The van der Waals surface area contributed by atoms with Crippen molar-refractivity contribution in [3.05, 3.63) is 15.5 Å². The summed E-state index contributed by atoms with van der Waals surface area (Å²) in [6, 6.07) is 0. The Labute approximate surface area is 165 Å². The molecule has 0 radical (unpaired) electrons. The van der Waals surface area contributed by atoms with E-state index in [1.54, 1.807) is 0 Å². The van der Waals surface area contributed by atoms with E-state index in [2.05, 4.69) is 67.1 Å². The van der Waals surface area contributed by atoms with Gasteiger partial charge in [-0.3, -0.25) is 9.52 Å². The molecule has 5 rings (SSSR count). The van der Waals surface area contributed by atoms with E-state index in [1.165, 1.54) is 47.8 Å². The van der Waals surface area contributed by atoms with Gasteiger partial charge in [0.15, 0.2) is 0 Å². The van der Waals surface area contributed by atoms with Crippen molar-refractivity contribution < 1.29 is 4.84 Å². The first-order valence-corrected chi connectivity index (χ1v) is 10.8. The van der Waals surface area contributed by atoms with Crippen molar-refractivity contribution >= 4 is 22.6 Å². The molecule has 0 N–H and O–H groups in total. The highest BCUT2D eigenvalue weighted by molar-refractivity contribution is 14.1. The lowest BCUT2D eigenvalue weighted by atomic mass is 9.39. The lowest BCUT2D eigenvalue weighted by Gasteiger charge is -2.69. The standard InChI is InChI=1S/C20H32IN3O/c1-6-23(5)25-20-11-17(3)8-18(4,12-20)10-19(9-17,13-20)14-24-15(2)16(21)7-22-24/h7H,6,8-14H2,1-5H3. The highest BCUT2D eigenvalue weighted by Crippen LogP contribution is 2.72. The Morgan fingerprint density at radius 1 is 1.16 bits per heavy atom. The summed E-state index contributed by atoms with van der Waals surface area (Å²) in [7, 11) is 2.09. The predicted molar refractivity (Wildman–Crippen MR) is 108 cm³/mol. The van der Waals surface area contributed by atoms with Crippen molar-refractivity contribution in [2.24, 2.45) is 16.2 Å². The Morgan fingerprint density at radius 2 is 1.80 bits per heavy atom. The fourth-order valence-electron chi connectivity index (χ4n) is 7.39. The first kappa shape index (κ1) is 18.2. The lowest BCUT2D eigenvalue weighted by molar-refractivity contribution is -0.321. The van der Waals surface area contributed by atoms with Crippen LogP contribution in [0.1, 0.15) is 65.0 Å². The molecular formula is C20H32IN3O. The smallest absolute Gasteiger partial charge is 0.0915 e. The molecule has 1 aromatic heterocycles. The topological polar surface area (TPSA) is 30.3 Å². The average molecular weight is 457 g/mol. The monoisotopic (exact) mass is 457 g/mol. The van der Waals surface area contributed by atoms with E-state index in [9.17, 15) is 0 Å². The molecule has 4 saturated carbocycles. The molecule has 0 aromatic carbocycles. The van der Waals surface area contributed by atoms with Crippen LogP contribution in [0.2, 0.25) is 0 Å². The van der Waals surface area contributed by atoms with Crippen molar-refractivity contribution in [1.82, 2.24) is 14.8 Å². The molecule has 0 spiro atoms. The Kier molecular flexibility index (Phi) is 4.14. The Bertz CT molecular complexity index is 666. The van der Waals surface area contributed by atoms with Crippen molar-refractivity contribution in [1.29, 1.82) is 0 Å². The Balaban J connectivity index is 1.70. The van der Waals surface area contributed by atoms with Crippen molar-refractivity contribution in [2.75, 3.05) is 13.6 Å². The molecule has 0 aliphatic heterocycles. The van der Waals surface area contributed by atoms with Crippen molar-refractivity contribution in [3.63, 3.8) is 0 Å². The highest BCUT2D eigenvalue weighted by Gasteiger charge is 2.66. The van der Waals surface area contributed by atoms with Gasteiger partial charge in [-0.05, 0) is 84.3 Å². The maximum atomic E-state index is 6.63. The SMILES string of the molecule is CCN(C)OC12CC3(C)CC(C)(CC(Cn4ncc(I)c4C)(C3)C1)C2. The van der Waals surface area contributed by atoms with Gasteiger partial charge in [-0.1, -0.05) is 20.8 Å². The van der Waals surface area contributed by atoms with Crippen LogP contribution < -0.4 is 0 Å². The molecule has 4 bridgehead atoms. The van der Waals surface area contributed by atoms with Crippen LogP contribution in [0.5, 0.6) is 0 Å². The molecule has 1 aromatic rings. The third kappa shape index (κ3) is 3.08. The number of hydroxylamine groups is 2. The van der Waals surface area contributed by atoms with E-state index in [1.807, 2.05) is 6.20 Å². The molecule has 4 aliphatic carbocycles. The van der Waals surface area contributed by atoms with Crippen LogP contribution in [0.4, 0.5) is 0 Å². The molecule has 25 heavy (non-hydrogen) atoms. The zero-order chi connectivity index (χ0) is 18.1. The molecular weight excluding hydrogens is 425 g/mol. The van der Waals surface area contributed by atoms with Gasteiger partial charge in [0.25, 0.3) is 0 Å². The number of halogens is 1. The van der Waals surface area contributed by atoms with Gasteiger partial charge in [0.1, 0.15) is 0 Å². The zero-order valence-corrected chi connectivity index (χ0v) is 18.5. The summed E-state index contributed by atoms with van der Waals surface area (Å²) in [5.74, 6) is 0. The summed E-state index contributed by atoms with van der Waals surface area (Å²) in [4.78, 5) is 6.63. The van der Waals surface area contributed by atoms with Gasteiger partial charge < -0.3 is 0 Å². The fourth-order valence-corrected chi connectivity index (χ4v) is 7.79. The number of rotatable bonds is 5. The van der Waals surface area contributed by atoms with Crippen LogP contribution in [-0.4, -0.2) is 34.0 Å². The first-order valence-electron chi connectivity index (χ1n) is 9.68. The molecule has 4 fully saturated rings. The molecule has 0 amide bonds. The second-order valence-corrected chi connectivity index (χ2v) is 11.3. The minimum Gasteiger partial charge on any atom is -0.293 e. The van der Waals surface area contributed by atoms with Crippen LogP contribution in [0.3, 0.4) is 0 Å². The third-order valence-electron chi connectivity index (χ3n) is 6.98. The Morgan fingerprint density at radius 3 is 2.32 bits per heavy atom. The van der Waals surface area contributed by atoms with Crippen molar-refractivity contribution in [2.45, 2.75) is 78.4 Å². The summed E-state index contributed by atoms with van der Waals surface area (Å²) < 4.78 is 3.54. The average Bonchev–Trinajstić information content (AvgIpc) is 2.74. The minimum absolute atomic E-state index is 0.0250. The van der Waals surface area contributed by atoms with E-state index in [-0.39, 0.29) is 5.60 Å². The summed E-state index contributed by atoms with van der Waals surface area (Å²) in [6.45, 7) is 11.4. The largest absolute Gasteiger partial charge is 0.293 e. The molecule has 0 saturated heterocycles. The van der Waals surface area contributed by atoms with E-state index >= 15 is 0 Å². The third-order valence-corrected chi connectivity index (χ3v) is 8.03. The van der Waals surface area contributed by atoms with E-state index < -0.39 is 0 Å². The quantitative estimate of drug-likeness (QED) is 0.470. The molecule has 1 heterocycles. The number of nitrogens with zero attached hydrogens (tertiary/aromatic N) is 3. The van der Waals surface area contributed by atoms with Crippen LogP contribution in [0.25, 0.3) is 0 Å². The molecule has 4 aliphatic rings. The van der Waals surface area contributed by atoms with Gasteiger partial charge in [-0.2, -0.15) is 10.2 Å². The highest BCUT2D eigenvalue weighted by atomic mass is 127. The van der Waals surface area contributed by atoms with Gasteiger partial charge >= 0.3 is 0 Å². The zero-order valence-electron chi connectivity index (χ0n) is 16.4. The fraction of sp³-hybridized carbons (Fsp3) is 0.850. The van der Waals surface area contributed by atoms with E-state index in [0.717, 1.165) is 13.1 Å². The van der Waals surface area contributed by atoms with Gasteiger partial charge in [-0.15, -0.1) is 0 Å². The molecule has 140 valence electrons. The first-order chi connectivity index (χ1) is 11.6. The summed E-state index contributed by atoms with van der Waals surface area (Å²) in [6.07, 6.45) is 9.65. The molecule has 2 atom stereocenters. The van der Waals surface area contributed by atoms with Crippen LogP contribution in [0, 0.1) is 26.7 Å². The van der Waals surface area contributed by atoms with Gasteiger partial charge in [0.2, 0.25) is 0 Å². The summed E-state index contributed by atoms with van der Waals surface area (Å²) in [5, 5.41) is 6.76. The summed E-state index contributed by atoms with van der Waals surface area (Å²) >= 11 is 2.40. The van der Waals surface area contributed by atoms with Crippen molar-refractivity contribution in [3.8, 4) is 0 Å². The van der Waals surface area contributed by atoms with Gasteiger partial charge in [-0.25, -0.2) is 0 Å². The Hall–Kier alpha value is -0.140. The lowest BCUT2D eigenvalue weighted by Crippen LogP contribution is -2.65. The normalized spacial score (nSPS) is 42.5. The van der Waals surface area contributed by atoms with E-state index in [0.29, 0.717) is 16.2 Å². The van der Waals surface area contributed by atoms with E-state index in [4.69, 9.17) is 9.94 Å². The van der Waals surface area contributed by atoms with Crippen LogP contribution in [-0.2, 0) is 11.4 Å². The second kappa shape index (κ2) is 5.68. The van der Waals surface area contributed by atoms with Crippen LogP contribution >= 0.6 is 22.6 Å². The number of aromatic nitrogens is 2. The maximum absolute atomic E-state index is 6.63. The number of hydrogen-bond acceptors (Lipinski definition) is 3. The molecule has 2 unspecified atom stereocenters. The minimum atomic E-state index is 0.0250. The molecule has 4 nitrogen and oxygen atoms in total. The number of hydrogen-bond donors (Lipinski definition) is 0. The van der Waals surface area contributed by atoms with Gasteiger partial charge in [0, 0.05) is 25.8 Å². The van der Waals surface area contributed by atoms with Gasteiger partial charge in [0.05, 0.1) is 15.4 Å².